The largest absolute Gasteiger partial charge is 0.466 e. The molecule has 2 aliphatic rings. The summed E-state index contributed by atoms with van der Waals surface area (Å²) in [5, 5.41) is 4.48. The zero-order chi connectivity index (χ0) is 27.9. The number of esters is 1. The van der Waals surface area contributed by atoms with Crippen LogP contribution in [0.5, 0.6) is 0 Å². The highest BCUT2D eigenvalue weighted by atomic mass is 16.5. The fraction of sp³-hybridized carbons (Fsp3) is 0.552. The molecule has 0 N–H and O–H groups in total. The van der Waals surface area contributed by atoms with Crippen molar-refractivity contribution >= 4 is 23.7 Å². The number of ether oxygens (including phenoxy) is 1. The summed E-state index contributed by atoms with van der Waals surface area (Å²) in [5.41, 5.74) is 2.83. The van der Waals surface area contributed by atoms with Crippen molar-refractivity contribution in [1.82, 2.24) is 24.5 Å². The first kappa shape index (κ1) is 28.3. The molecule has 210 valence electrons. The molecule has 1 fully saturated rings. The van der Waals surface area contributed by atoms with Crippen LogP contribution in [0.1, 0.15) is 71.6 Å². The lowest BCUT2D eigenvalue weighted by Gasteiger charge is -2.32. The van der Waals surface area contributed by atoms with Gasteiger partial charge in [0, 0.05) is 58.3 Å². The van der Waals surface area contributed by atoms with E-state index in [1.807, 2.05) is 36.9 Å². The van der Waals surface area contributed by atoms with E-state index in [-0.39, 0.29) is 48.3 Å². The number of benzene rings is 1. The van der Waals surface area contributed by atoms with E-state index in [1.165, 1.54) is 0 Å². The van der Waals surface area contributed by atoms with E-state index >= 15 is 0 Å². The third-order valence-corrected chi connectivity index (χ3v) is 7.42. The molecule has 0 saturated carbocycles. The zero-order valence-corrected chi connectivity index (χ0v) is 23.2. The Bertz CT molecular complexity index is 1210. The number of carbonyl (C=O) groups excluding carboxylic acids is 4. The number of rotatable bonds is 9. The van der Waals surface area contributed by atoms with E-state index in [0.29, 0.717) is 58.0 Å². The van der Waals surface area contributed by atoms with Crippen LogP contribution in [0.3, 0.4) is 0 Å². The number of aryl methyl sites for hydroxylation is 2. The molecule has 1 aromatic heterocycles. The highest BCUT2D eigenvalue weighted by molar-refractivity contribution is 5.98. The summed E-state index contributed by atoms with van der Waals surface area (Å²) < 4.78 is 6.76. The van der Waals surface area contributed by atoms with Crippen LogP contribution in [0.4, 0.5) is 0 Å². The average Bonchev–Trinajstić information content (AvgIpc) is 3.30. The maximum atomic E-state index is 13.4. The second kappa shape index (κ2) is 12.9. The topological polar surface area (TPSA) is 105 Å². The van der Waals surface area contributed by atoms with Gasteiger partial charge in [0.2, 0.25) is 5.91 Å². The maximum Gasteiger partial charge on any atom is 0.310 e. The van der Waals surface area contributed by atoms with Crippen LogP contribution in [-0.2, 0) is 27.4 Å². The van der Waals surface area contributed by atoms with Gasteiger partial charge in [-0.1, -0.05) is 29.8 Å². The van der Waals surface area contributed by atoms with Crippen molar-refractivity contribution in [3.8, 4) is 0 Å². The minimum atomic E-state index is -0.299. The Hall–Kier alpha value is -3.69. The Balaban J connectivity index is 1.38. The summed E-state index contributed by atoms with van der Waals surface area (Å²) in [7, 11) is 0. The molecule has 1 aromatic carbocycles. The highest BCUT2D eigenvalue weighted by Gasteiger charge is 2.31. The van der Waals surface area contributed by atoms with Gasteiger partial charge in [0.05, 0.1) is 12.5 Å². The average molecular weight is 538 g/mol. The van der Waals surface area contributed by atoms with E-state index < -0.39 is 0 Å². The van der Waals surface area contributed by atoms with Crippen molar-refractivity contribution in [1.29, 1.82) is 0 Å². The number of fused-ring (bicyclic) bond motifs is 1. The molecule has 1 unspecified atom stereocenters. The fourth-order valence-electron chi connectivity index (χ4n) is 5.33. The Kier molecular flexibility index (Phi) is 9.37. The van der Waals surface area contributed by atoms with Gasteiger partial charge in [0.25, 0.3) is 11.8 Å². The van der Waals surface area contributed by atoms with Crippen LogP contribution >= 0.6 is 0 Å². The third-order valence-electron chi connectivity index (χ3n) is 7.42. The molecule has 0 bridgehead atoms. The van der Waals surface area contributed by atoms with Crippen molar-refractivity contribution in [2.75, 3.05) is 39.3 Å². The van der Waals surface area contributed by atoms with Crippen molar-refractivity contribution in [2.24, 2.45) is 5.92 Å². The van der Waals surface area contributed by atoms with Gasteiger partial charge in [-0.2, -0.15) is 5.10 Å². The Labute approximate surface area is 229 Å². The Morgan fingerprint density at radius 3 is 2.67 bits per heavy atom. The number of likely N-dealkylation sites (tertiary alicyclic amines) is 1. The zero-order valence-electron chi connectivity index (χ0n) is 23.2. The number of piperidine rings is 1. The lowest BCUT2D eigenvalue weighted by Crippen LogP contribution is -2.44. The van der Waals surface area contributed by atoms with Crippen LogP contribution in [-0.4, -0.2) is 87.5 Å². The molecule has 1 atom stereocenters. The number of nitrogens with zero attached hydrogens (tertiary/aromatic N) is 5. The molecule has 3 amide bonds. The van der Waals surface area contributed by atoms with E-state index in [9.17, 15) is 19.2 Å². The van der Waals surface area contributed by atoms with Crippen LogP contribution in [0, 0.1) is 12.8 Å². The monoisotopic (exact) mass is 537 g/mol. The van der Waals surface area contributed by atoms with Gasteiger partial charge < -0.3 is 19.4 Å². The van der Waals surface area contributed by atoms with Crippen LogP contribution < -0.4 is 0 Å². The molecule has 2 aliphatic heterocycles. The summed E-state index contributed by atoms with van der Waals surface area (Å²) in [6, 6.07) is 9.69. The van der Waals surface area contributed by atoms with Gasteiger partial charge in [-0.3, -0.25) is 23.9 Å². The van der Waals surface area contributed by atoms with Crippen LogP contribution in [0.15, 0.2) is 30.3 Å². The van der Waals surface area contributed by atoms with E-state index in [4.69, 9.17) is 4.74 Å². The molecule has 4 rings (SSSR count). The second-order valence-electron chi connectivity index (χ2n) is 10.3. The van der Waals surface area contributed by atoms with Gasteiger partial charge in [0.1, 0.15) is 5.69 Å². The predicted octanol–water partition coefficient (Wildman–Crippen LogP) is 2.89. The summed E-state index contributed by atoms with van der Waals surface area (Å²) in [6.07, 6.45) is 2.37. The summed E-state index contributed by atoms with van der Waals surface area (Å²) in [6.45, 7) is 9.27. The molecule has 39 heavy (non-hydrogen) atoms. The molecule has 2 aromatic rings. The molecule has 0 spiro atoms. The minimum absolute atomic E-state index is 0.0853. The molecule has 10 nitrogen and oxygen atoms in total. The van der Waals surface area contributed by atoms with Gasteiger partial charge in [-0.25, -0.2) is 0 Å². The first-order chi connectivity index (χ1) is 18.8. The smallest absolute Gasteiger partial charge is 0.310 e. The summed E-state index contributed by atoms with van der Waals surface area (Å²) in [5.74, 6) is -1.08. The van der Waals surface area contributed by atoms with Crippen molar-refractivity contribution < 1.29 is 23.9 Å². The summed E-state index contributed by atoms with van der Waals surface area (Å²) >= 11 is 0. The van der Waals surface area contributed by atoms with Crippen molar-refractivity contribution in [2.45, 2.75) is 59.5 Å². The Morgan fingerprint density at radius 1 is 1.10 bits per heavy atom. The number of amides is 3. The maximum absolute atomic E-state index is 13.4. The normalized spacial score (nSPS) is 17.4. The van der Waals surface area contributed by atoms with Crippen LogP contribution in [0.2, 0.25) is 0 Å². The highest BCUT2D eigenvalue weighted by Crippen LogP contribution is 2.20. The predicted molar refractivity (Wildman–Crippen MR) is 145 cm³/mol. The van der Waals surface area contributed by atoms with Gasteiger partial charge in [-0.05, 0) is 45.6 Å². The molecular weight excluding hydrogens is 498 g/mol. The number of aromatic nitrogens is 2. The first-order valence-corrected chi connectivity index (χ1v) is 14.0. The van der Waals surface area contributed by atoms with Crippen molar-refractivity contribution in [3.63, 3.8) is 0 Å². The van der Waals surface area contributed by atoms with E-state index in [2.05, 4.69) is 11.2 Å². The minimum Gasteiger partial charge on any atom is -0.466 e. The number of hydrogen-bond acceptors (Lipinski definition) is 6. The molecule has 0 radical (unpaired) electrons. The molecule has 1 saturated heterocycles. The fourth-order valence-corrected chi connectivity index (χ4v) is 5.33. The number of carbonyl (C=O) groups is 4. The van der Waals surface area contributed by atoms with Gasteiger partial charge in [-0.15, -0.1) is 0 Å². The van der Waals surface area contributed by atoms with Crippen molar-refractivity contribution in [3.05, 3.63) is 52.8 Å². The molecular formula is C29H39N5O5. The quantitative estimate of drug-likeness (QED) is 0.456. The SMILES string of the molecule is CCOC(=O)C1CCCN(C(=O)CCN(CC)C(=O)c2cc3n(n2)CCCN(Cc2cccc(C)c2)C3=O)C1. The number of hydrogen-bond donors (Lipinski definition) is 0. The van der Waals surface area contributed by atoms with Gasteiger partial charge in [0.15, 0.2) is 5.69 Å². The first-order valence-electron chi connectivity index (χ1n) is 14.0. The van der Waals surface area contributed by atoms with Crippen LogP contribution in [0.25, 0.3) is 0 Å². The standard InChI is InChI=1S/C29H39N5O5/c1-4-31(16-12-26(35)32-13-7-11-23(20-32)29(38)39-5-2)27(36)24-18-25-28(37)33(14-8-15-34(25)30-24)19-22-10-6-9-21(3)17-22/h6,9-10,17-18,23H,4-5,7-8,11-16,19-20H2,1-3H3. The van der Waals surface area contributed by atoms with E-state index in [1.54, 1.807) is 27.5 Å². The lowest BCUT2D eigenvalue weighted by molar-refractivity contribution is -0.151. The molecule has 0 aliphatic carbocycles. The molecule has 3 heterocycles. The second-order valence-corrected chi connectivity index (χ2v) is 10.3. The summed E-state index contributed by atoms with van der Waals surface area (Å²) in [4.78, 5) is 56.8. The van der Waals surface area contributed by atoms with E-state index in [0.717, 1.165) is 24.0 Å². The Morgan fingerprint density at radius 2 is 1.92 bits per heavy atom. The third kappa shape index (κ3) is 6.85. The molecule has 10 heteroatoms. The lowest BCUT2D eigenvalue weighted by atomic mass is 9.98. The van der Waals surface area contributed by atoms with Gasteiger partial charge >= 0.3 is 5.97 Å².